The van der Waals surface area contributed by atoms with Crippen molar-refractivity contribution in [3.8, 4) is 5.75 Å². The van der Waals surface area contributed by atoms with E-state index in [0.29, 0.717) is 23.6 Å². The van der Waals surface area contributed by atoms with Crippen molar-refractivity contribution in [2.24, 2.45) is 7.05 Å². The Kier molecular flexibility index (Phi) is 9.53. The molecule has 0 radical (unpaired) electrons. The van der Waals surface area contributed by atoms with Gasteiger partial charge in [0.15, 0.2) is 5.82 Å². The third kappa shape index (κ3) is 7.10. The average molecular weight is 630 g/mol. The first-order chi connectivity index (χ1) is 20.5. The number of halogens is 1. The van der Waals surface area contributed by atoms with Gasteiger partial charge in [0.25, 0.3) is 0 Å². The molecule has 0 aliphatic heterocycles. The average Bonchev–Trinajstić information content (AvgIpc) is 3.71. The summed E-state index contributed by atoms with van der Waals surface area (Å²) in [5.41, 5.74) is 3.66. The van der Waals surface area contributed by atoms with Gasteiger partial charge in [0.2, 0.25) is 20.8 Å². The lowest BCUT2D eigenvalue weighted by Gasteiger charge is -2.36. The molecule has 2 aromatic heterocycles. The highest BCUT2D eigenvalue weighted by molar-refractivity contribution is 7.92. The molecule has 234 valence electrons. The highest BCUT2D eigenvalue weighted by Gasteiger charge is 2.30. The highest BCUT2D eigenvalue weighted by atomic mass is 35.5. The lowest BCUT2D eigenvalue weighted by atomic mass is 9.79. The van der Waals surface area contributed by atoms with Crippen LogP contribution < -0.4 is 15.4 Å². The van der Waals surface area contributed by atoms with E-state index in [2.05, 4.69) is 63.5 Å². The summed E-state index contributed by atoms with van der Waals surface area (Å²) in [7, 11) is -1.96. The molecule has 2 heterocycles. The van der Waals surface area contributed by atoms with E-state index < -0.39 is 15.1 Å². The summed E-state index contributed by atoms with van der Waals surface area (Å²) in [6.45, 7) is 12.1. The van der Waals surface area contributed by atoms with Crippen molar-refractivity contribution in [2.75, 3.05) is 23.7 Å². The smallest absolute Gasteiger partial charge is 0.229 e. The van der Waals surface area contributed by atoms with Gasteiger partial charge in [0, 0.05) is 19.3 Å². The fraction of sp³-hybridized carbons (Fsp3) is 0.581. The van der Waals surface area contributed by atoms with Gasteiger partial charge in [-0.15, -0.1) is 0 Å². The van der Waals surface area contributed by atoms with E-state index in [1.807, 2.05) is 0 Å². The van der Waals surface area contributed by atoms with E-state index in [9.17, 15) is 8.42 Å². The summed E-state index contributed by atoms with van der Waals surface area (Å²) in [5, 5.41) is 10.2. The van der Waals surface area contributed by atoms with Crippen molar-refractivity contribution in [2.45, 2.75) is 101 Å². The molecule has 0 bridgehead atoms. The molecule has 2 aliphatic rings. The van der Waals surface area contributed by atoms with E-state index in [4.69, 9.17) is 16.3 Å². The van der Waals surface area contributed by atoms with Crippen molar-refractivity contribution in [1.82, 2.24) is 24.6 Å². The number of hydrogen-bond donors (Lipinski definition) is 2. The highest BCUT2D eigenvalue weighted by Crippen LogP contribution is 2.42. The first kappa shape index (κ1) is 31.5. The van der Waals surface area contributed by atoms with E-state index in [1.165, 1.54) is 47.7 Å². The Morgan fingerprint density at radius 2 is 1.77 bits per heavy atom. The van der Waals surface area contributed by atoms with Gasteiger partial charge in [-0.05, 0) is 102 Å². The van der Waals surface area contributed by atoms with Crippen LogP contribution in [0.25, 0.3) is 0 Å². The molecular formula is C31H44ClN7O3S. The van der Waals surface area contributed by atoms with Crippen LogP contribution in [0.4, 0.5) is 23.1 Å². The molecule has 5 rings (SSSR count). The number of rotatable bonds is 12. The van der Waals surface area contributed by atoms with E-state index in [0.717, 1.165) is 37.4 Å². The molecule has 2 saturated carbocycles. The predicted octanol–water partition coefficient (Wildman–Crippen LogP) is 6.75. The van der Waals surface area contributed by atoms with Gasteiger partial charge in [-0.25, -0.2) is 13.4 Å². The fourth-order valence-corrected chi connectivity index (χ4v) is 7.18. The van der Waals surface area contributed by atoms with Gasteiger partial charge < -0.3 is 20.3 Å². The zero-order valence-electron chi connectivity index (χ0n) is 26.0. The maximum atomic E-state index is 12.9. The third-order valence-corrected chi connectivity index (χ3v) is 10.9. The first-order valence-corrected chi connectivity index (χ1v) is 17.3. The standard InChI is InChI=1S/C31H44ClN7O3S/c1-7-39(8-2)22-11-9-21(10-12-22)24-16-28(42-23-13-14-23)26(15-20(24)5)35-31-33-17-25(32)29(36-31)34-27-18-38(6)37-30(27)43(40,41)19(3)4/h15-19,21-23H,7-14H2,1-6H3,(H2,33,34,35,36)/t21-,22+. The van der Waals surface area contributed by atoms with Crippen molar-refractivity contribution >= 4 is 44.6 Å². The van der Waals surface area contributed by atoms with Crippen molar-refractivity contribution in [3.05, 3.63) is 40.7 Å². The zero-order valence-corrected chi connectivity index (χ0v) is 27.6. The van der Waals surface area contributed by atoms with E-state index in [-0.39, 0.29) is 22.0 Å². The molecule has 2 fully saturated rings. The number of hydrogen-bond acceptors (Lipinski definition) is 9. The number of aromatic nitrogens is 4. The normalized spacial score (nSPS) is 19.2. The minimum Gasteiger partial charge on any atom is -0.488 e. The summed E-state index contributed by atoms with van der Waals surface area (Å²) in [6.07, 6.45) is 10.2. The monoisotopic (exact) mass is 629 g/mol. The summed E-state index contributed by atoms with van der Waals surface area (Å²) in [5.74, 6) is 1.91. The molecule has 2 aliphatic carbocycles. The Labute approximate surface area is 260 Å². The second kappa shape index (κ2) is 13.0. The van der Waals surface area contributed by atoms with E-state index >= 15 is 0 Å². The quantitative estimate of drug-likeness (QED) is 0.224. The maximum absolute atomic E-state index is 12.9. The van der Waals surface area contributed by atoms with Crippen LogP contribution in [-0.2, 0) is 16.9 Å². The van der Waals surface area contributed by atoms with E-state index in [1.54, 1.807) is 27.1 Å². The Hall–Kier alpha value is -2.89. The maximum Gasteiger partial charge on any atom is 0.229 e. The molecule has 0 saturated heterocycles. The van der Waals surface area contributed by atoms with Gasteiger partial charge in [-0.2, -0.15) is 10.1 Å². The van der Waals surface area contributed by atoms with Crippen LogP contribution >= 0.6 is 11.6 Å². The molecule has 0 spiro atoms. The Morgan fingerprint density at radius 3 is 2.40 bits per heavy atom. The largest absolute Gasteiger partial charge is 0.488 e. The van der Waals surface area contributed by atoms with Gasteiger partial charge in [-0.1, -0.05) is 25.4 Å². The second-order valence-electron chi connectivity index (χ2n) is 12.0. The molecule has 10 nitrogen and oxygen atoms in total. The zero-order chi connectivity index (χ0) is 30.9. The molecule has 3 aromatic rings. The van der Waals surface area contributed by atoms with Crippen LogP contribution in [0.3, 0.4) is 0 Å². The molecule has 0 unspecified atom stereocenters. The minimum absolute atomic E-state index is 0.0494. The number of aryl methyl sites for hydroxylation is 2. The van der Waals surface area contributed by atoms with Crippen molar-refractivity contribution in [3.63, 3.8) is 0 Å². The summed E-state index contributed by atoms with van der Waals surface area (Å²) in [4.78, 5) is 11.6. The van der Waals surface area contributed by atoms with Gasteiger partial charge >= 0.3 is 0 Å². The number of ether oxygens (including phenoxy) is 1. The number of nitrogens with zero attached hydrogens (tertiary/aromatic N) is 5. The lowest BCUT2D eigenvalue weighted by molar-refractivity contribution is 0.163. The van der Waals surface area contributed by atoms with Crippen LogP contribution in [0.1, 0.15) is 83.3 Å². The summed E-state index contributed by atoms with van der Waals surface area (Å²) < 4.78 is 33.7. The third-order valence-electron chi connectivity index (χ3n) is 8.58. The number of anilines is 4. The number of sulfone groups is 1. The van der Waals surface area contributed by atoms with Crippen LogP contribution in [0, 0.1) is 6.92 Å². The van der Waals surface area contributed by atoms with Gasteiger partial charge in [0.1, 0.15) is 10.8 Å². The SMILES string of the molecule is CCN(CC)[C@H]1CC[C@@H](c2cc(OC3CC3)c(Nc3ncc(Cl)c(Nc4cn(C)nc4S(=O)(=O)C(C)C)n3)cc2C)CC1. The molecule has 43 heavy (non-hydrogen) atoms. The van der Waals surface area contributed by atoms with Gasteiger partial charge in [0.05, 0.1) is 28.9 Å². The topological polar surface area (TPSA) is 114 Å². The molecule has 2 N–H and O–H groups in total. The predicted molar refractivity (Wildman–Crippen MR) is 172 cm³/mol. The van der Waals surface area contributed by atoms with Gasteiger partial charge in [-0.3, -0.25) is 4.68 Å². The molecule has 0 atom stereocenters. The van der Waals surface area contributed by atoms with Crippen LogP contribution in [-0.4, -0.2) is 63.6 Å². The van der Waals surface area contributed by atoms with Crippen molar-refractivity contribution < 1.29 is 13.2 Å². The summed E-state index contributed by atoms with van der Waals surface area (Å²) in [6, 6.07) is 5.02. The Balaban J connectivity index is 1.39. The minimum atomic E-state index is -3.63. The Morgan fingerprint density at radius 1 is 1.07 bits per heavy atom. The number of nitrogens with one attached hydrogen (secondary N) is 2. The van der Waals surface area contributed by atoms with Crippen LogP contribution in [0.5, 0.6) is 5.75 Å². The molecule has 12 heteroatoms. The fourth-order valence-electron chi connectivity index (χ4n) is 5.95. The molecular weight excluding hydrogens is 586 g/mol. The molecule has 1 aromatic carbocycles. The Bertz CT molecular complexity index is 1540. The van der Waals surface area contributed by atoms with Crippen LogP contribution in [0.15, 0.2) is 29.6 Å². The van der Waals surface area contributed by atoms with Crippen LogP contribution in [0.2, 0.25) is 5.02 Å². The summed E-state index contributed by atoms with van der Waals surface area (Å²) >= 11 is 6.45. The van der Waals surface area contributed by atoms with Crippen molar-refractivity contribution in [1.29, 1.82) is 0 Å². The lowest BCUT2D eigenvalue weighted by Crippen LogP contribution is -2.37. The first-order valence-electron chi connectivity index (χ1n) is 15.4. The second-order valence-corrected chi connectivity index (χ2v) is 14.8. The number of benzene rings is 1. The molecule has 0 amide bonds.